The van der Waals surface area contributed by atoms with Crippen LogP contribution in [0.1, 0.15) is 23.4 Å². The fraction of sp³-hybridized carbons (Fsp3) is 0.400. The van der Waals surface area contributed by atoms with Gasteiger partial charge in [-0.2, -0.15) is 0 Å². The molecule has 0 bridgehead atoms. The largest absolute Gasteiger partial charge is 0.329 e. The standard InChI is InChI=1S/C15H21N3S/c1-12(10-14-4-3-9-19-14)18(2)15(11-16)13-5-7-17-8-6-13/h3-9,12,15H,10-11,16H2,1-2H3. The van der Waals surface area contributed by atoms with Gasteiger partial charge in [-0.05, 0) is 49.5 Å². The molecule has 2 unspecified atom stereocenters. The van der Waals surface area contributed by atoms with Gasteiger partial charge < -0.3 is 5.73 Å². The van der Waals surface area contributed by atoms with E-state index in [1.165, 1.54) is 10.4 Å². The highest BCUT2D eigenvalue weighted by Crippen LogP contribution is 2.22. The second-order valence-corrected chi connectivity index (χ2v) is 5.86. The summed E-state index contributed by atoms with van der Waals surface area (Å²) in [4.78, 5) is 7.85. The summed E-state index contributed by atoms with van der Waals surface area (Å²) in [5, 5.41) is 2.13. The van der Waals surface area contributed by atoms with E-state index in [1.54, 1.807) is 0 Å². The van der Waals surface area contributed by atoms with E-state index in [-0.39, 0.29) is 6.04 Å². The molecule has 0 spiro atoms. The van der Waals surface area contributed by atoms with Gasteiger partial charge in [0.05, 0.1) is 0 Å². The Hall–Kier alpha value is -1.23. The van der Waals surface area contributed by atoms with Crippen molar-refractivity contribution in [3.8, 4) is 0 Å². The molecule has 0 saturated heterocycles. The minimum Gasteiger partial charge on any atom is -0.329 e. The number of nitrogens with zero attached hydrogens (tertiary/aromatic N) is 2. The molecule has 0 aliphatic heterocycles. The Bertz CT molecular complexity index is 469. The first-order valence-corrected chi connectivity index (χ1v) is 7.44. The average Bonchev–Trinajstić information content (AvgIpc) is 2.93. The lowest BCUT2D eigenvalue weighted by atomic mass is 10.0. The number of nitrogens with two attached hydrogens (primary N) is 1. The molecular formula is C15H21N3S. The number of hydrogen-bond donors (Lipinski definition) is 1. The fourth-order valence-corrected chi connectivity index (χ4v) is 3.12. The average molecular weight is 275 g/mol. The van der Waals surface area contributed by atoms with E-state index in [9.17, 15) is 0 Å². The lowest BCUT2D eigenvalue weighted by molar-refractivity contribution is 0.188. The summed E-state index contributed by atoms with van der Waals surface area (Å²) in [7, 11) is 2.15. The summed E-state index contributed by atoms with van der Waals surface area (Å²) in [6.45, 7) is 2.87. The first-order chi connectivity index (χ1) is 9.22. The lowest BCUT2D eigenvalue weighted by Crippen LogP contribution is -2.38. The molecule has 0 saturated carbocycles. The monoisotopic (exact) mass is 275 g/mol. The van der Waals surface area contributed by atoms with Crippen molar-refractivity contribution in [3.63, 3.8) is 0 Å². The molecule has 2 rings (SSSR count). The van der Waals surface area contributed by atoms with Crippen LogP contribution in [0.5, 0.6) is 0 Å². The highest BCUT2D eigenvalue weighted by atomic mass is 32.1. The Labute approximate surface area is 119 Å². The lowest BCUT2D eigenvalue weighted by Gasteiger charge is -2.32. The van der Waals surface area contributed by atoms with Gasteiger partial charge in [0.1, 0.15) is 0 Å². The van der Waals surface area contributed by atoms with Crippen molar-refractivity contribution in [3.05, 3.63) is 52.5 Å². The van der Waals surface area contributed by atoms with E-state index in [1.807, 2.05) is 35.9 Å². The summed E-state index contributed by atoms with van der Waals surface area (Å²) < 4.78 is 0. The zero-order chi connectivity index (χ0) is 13.7. The summed E-state index contributed by atoms with van der Waals surface area (Å²) >= 11 is 1.82. The molecule has 0 aliphatic rings. The van der Waals surface area contributed by atoms with Crippen molar-refractivity contribution >= 4 is 11.3 Å². The van der Waals surface area contributed by atoms with Crippen LogP contribution in [0.25, 0.3) is 0 Å². The minimum absolute atomic E-state index is 0.248. The number of thiophene rings is 1. The highest BCUT2D eigenvalue weighted by molar-refractivity contribution is 7.09. The predicted molar refractivity (Wildman–Crippen MR) is 81.3 cm³/mol. The maximum atomic E-state index is 5.96. The predicted octanol–water partition coefficient (Wildman–Crippen LogP) is 2.71. The molecule has 2 aromatic heterocycles. The van der Waals surface area contributed by atoms with Crippen LogP contribution in [0.15, 0.2) is 42.0 Å². The number of rotatable bonds is 6. The molecule has 2 atom stereocenters. The van der Waals surface area contributed by atoms with Crippen LogP contribution in [-0.2, 0) is 6.42 Å². The van der Waals surface area contributed by atoms with Gasteiger partial charge in [0, 0.05) is 35.9 Å². The zero-order valence-electron chi connectivity index (χ0n) is 11.5. The van der Waals surface area contributed by atoms with Gasteiger partial charge in [0.25, 0.3) is 0 Å². The molecular weight excluding hydrogens is 254 g/mol. The molecule has 0 aliphatic carbocycles. The summed E-state index contributed by atoms with van der Waals surface area (Å²) in [5.41, 5.74) is 7.19. The normalized spacial score (nSPS) is 14.5. The molecule has 102 valence electrons. The Morgan fingerprint density at radius 2 is 2.05 bits per heavy atom. The van der Waals surface area contributed by atoms with Gasteiger partial charge in [0.15, 0.2) is 0 Å². The van der Waals surface area contributed by atoms with Crippen molar-refractivity contribution < 1.29 is 0 Å². The van der Waals surface area contributed by atoms with Crippen LogP contribution >= 0.6 is 11.3 Å². The van der Waals surface area contributed by atoms with Crippen molar-refractivity contribution in [2.75, 3.05) is 13.6 Å². The quantitative estimate of drug-likeness (QED) is 0.881. The molecule has 0 aromatic carbocycles. The topological polar surface area (TPSA) is 42.1 Å². The second kappa shape index (κ2) is 6.80. The number of likely N-dealkylation sites (N-methyl/N-ethyl adjacent to an activating group) is 1. The number of aromatic nitrogens is 1. The SMILES string of the molecule is CC(Cc1cccs1)N(C)C(CN)c1ccncc1. The van der Waals surface area contributed by atoms with Gasteiger partial charge >= 0.3 is 0 Å². The van der Waals surface area contributed by atoms with Gasteiger partial charge in [0.2, 0.25) is 0 Å². The highest BCUT2D eigenvalue weighted by Gasteiger charge is 2.20. The molecule has 2 heterocycles. The van der Waals surface area contributed by atoms with Gasteiger partial charge in [-0.3, -0.25) is 9.88 Å². The molecule has 0 radical (unpaired) electrons. The van der Waals surface area contributed by atoms with Gasteiger partial charge in [-0.1, -0.05) is 6.07 Å². The van der Waals surface area contributed by atoms with Crippen molar-refractivity contribution in [1.82, 2.24) is 9.88 Å². The Morgan fingerprint density at radius 3 is 2.63 bits per heavy atom. The summed E-state index contributed by atoms with van der Waals surface area (Å²) in [6, 6.07) is 9.10. The van der Waals surface area contributed by atoms with E-state index in [0.717, 1.165) is 6.42 Å². The van der Waals surface area contributed by atoms with Crippen molar-refractivity contribution in [2.24, 2.45) is 5.73 Å². The Morgan fingerprint density at radius 1 is 1.32 bits per heavy atom. The molecule has 19 heavy (non-hydrogen) atoms. The third-order valence-corrected chi connectivity index (χ3v) is 4.48. The first-order valence-electron chi connectivity index (χ1n) is 6.56. The smallest absolute Gasteiger partial charge is 0.0471 e. The summed E-state index contributed by atoms with van der Waals surface area (Å²) in [5.74, 6) is 0. The minimum atomic E-state index is 0.248. The maximum absolute atomic E-state index is 5.96. The molecule has 2 aromatic rings. The van der Waals surface area contributed by atoms with E-state index >= 15 is 0 Å². The Kier molecular flexibility index (Phi) is 5.07. The zero-order valence-corrected chi connectivity index (χ0v) is 12.3. The Balaban J connectivity index is 2.06. The van der Waals surface area contributed by atoms with Gasteiger partial charge in [-0.15, -0.1) is 11.3 Å². The van der Waals surface area contributed by atoms with Crippen LogP contribution in [-0.4, -0.2) is 29.5 Å². The van der Waals surface area contributed by atoms with E-state index < -0.39 is 0 Å². The van der Waals surface area contributed by atoms with Crippen LogP contribution in [0.2, 0.25) is 0 Å². The van der Waals surface area contributed by atoms with E-state index in [0.29, 0.717) is 12.6 Å². The van der Waals surface area contributed by atoms with Crippen LogP contribution in [0.4, 0.5) is 0 Å². The van der Waals surface area contributed by atoms with Crippen LogP contribution in [0, 0.1) is 0 Å². The molecule has 3 nitrogen and oxygen atoms in total. The molecule has 2 N–H and O–H groups in total. The molecule has 4 heteroatoms. The van der Waals surface area contributed by atoms with Crippen LogP contribution in [0.3, 0.4) is 0 Å². The summed E-state index contributed by atoms with van der Waals surface area (Å²) in [6.07, 6.45) is 4.72. The van der Waals surface area contributed by atoms with Crippen molar-refractivity contribution in [2.45, 2.75) is 25.4 Å². The third kappa shape index (κ3) is 3.62. The molecule has 0 amide bonds. The van der Waals surface area contributed by atoms with Gasteiger partial charge in [-0.25, -0.2) is 0 Å². The second-order valence-electron chi connectivity index (χ2n) is 4.83. The van der Waals surface area contributed by atoms with Crippen molar-refractivity contribution in [1.29, 1.82) is 0 Å². The first kappa shape index (κ1) is 14.2. The fourth-order valence-electron chi connectivity index (χ4n) is 2.29. The molecule has 0 fully saturated rings. The van der Waals surface area contributed by atoms with Crippen LogP contribution < -0.4 is 5.73 Å². The van der Waals surface area contributed by atoms with E-state index in [2.05, 4.69) is 41.4 Å². The maximum Gasteiger partial charge on any atom is 0.0471 e. The number of pyridine rings is 1. The van der Waals surface area contributed by atoms with E-state index in [4.69, 9.17) is 5.73 Å². The number of hydrogen-bond acceptors (Lipinski definition) is 4. The third-order valence-electron chi connectivity index (χ3n) is 3.58.